The number of Topliss-reactive ketones (excluding diaryl/α,β-unsaturated/α-hetero) is 1. The van der Waals surface area contributed by atoms with Gasteiger partial charge in [0.1, 0.15) is 0 Å². The molecular formula is C29H34F3NO4S. The third kappa shape index (κ3) is 4.37. The van der Waals surface area contributed by atoms with Crippen LogP contribution in [0, 0.1) is 5.92 Å². The highest BCUT2D eigenvalue weighted by Gasteiger charge is 2.53. The first-order chi connectivity index (χ1) is 17.4. The van der Waals surface area contributed by atoms with Gasteiger partial charge in [0, 0.05) is 11.6 Å². The molecule has 0 spiro atoms. The summed E-state index contributed by atoms with van der Waals surface area (Å²) in [5.41, 5.74) is 0.894. The topological polar surface area (TPSA) is 76.4 Å². The van der Waals surface area contributed by atoms with Crippen molar-refractivity contribution in [2.75, 3.05) is 0 Å². The van der Waals surface area contributed by atoms with E-state index >= 15 is 0 Å². The molecule has 0 saturated heterocycles. The molecule has 3 aromatic rings. The molecule has 0 bridgehead atoms. The molecule has 5 nitrogen and oxygen atoms in total. The van der Waals surface area contributed by atoms with Crippen molar-refractivity contribution < 1.29 is 31.5 Å². The third-order valence-electron chi connectivity index (χ3n) is 7.71. The molecule has 1 aromatic heterocycles. The molecule has 0 aliphatic heterocycles. The fourth-order valence-corrected chi connectivity index (χ4v) is 7.61. The molecule has 2 unspecified atom stereocenters. The maximum Gasteiger partial charge on any atom is 0.450 e. The van der Waals surface area contributed by atoms with Gasteiger partial charge < -0.3 is 5.11 Å². The Labute approximate surface area is 221 Å². The molecule has 1 aliphatic carbocycles. The number of benzene rings is 2. The summed E-state index contributed by atoms with van der Waals surface area (Å²) in [6.45, 7) is 13.0. The van der Waals surface area contributed by atoms with E-state index in [2.05, 4.69) is 0 Å². The van der Waals surface area contributed by atoms with Crippen molar-refractivity contribution in [3.05, 3.63) is 64.3 Å². The largest absolute Gasteiger partial charge is 0.450 e. The SMILES string of the molecule is CC(C)c1cc(C(C)C)c(S(=O)(=O)n2cc3c4c(cccc42)C(C)(O)C(C(=O)C(F)(F)F)C3)c(C(C)C)c1. The van der Waals surface area contributed by atoms with Crippen molar-refractivity contribution in [3.63, 3.8) is 0 Å². The number of rotatable bonds is 6. The predicted molar refractivity (Wildman–Crippen MR) is 141 cm³/mol. The summed E-state index contributed by atoms with van der Waals surface area (Å²) in [7, 11) is -4.21. The average Bonchev–Trinajstić information content (AvgIpc) is 3.19. The van der Waals surface area contributed by atoms with Gasteiger partial charge in [-0.3, -0.25) is 4.79 Å². The Morgan fingerprint density at radius 3 is 2.05 bits per heavy atom. The second-order valence-electron chi connectivity index (χ2n) is 11.4. The molecule has 2 atom stereocenters. The zero-order valence-electron chi connectivity index (χ0n) is 22.6. The second-order valence-corrected chi connectivity index (χ2v) is 13.2. The van der Waals surface area contributed by atoms with Crippen LogP contribution in [0.4, 0.5) is 13.2 Å². The minimum absolute atomic E-state index is 0.108. The number of hydrogen-bond donors (Lipinski definition) is 1. The van der Waals surface area contributed by atoms with Gasteiger partial charge in [0.05, 0.1) is 21.9 Å². The van der Waals surface area contributed by atoms with Crippen LogP contribution in [0.2, 0.25) is 0 Å². The number of nitrogens with zero attached hydrogens (tertiary/aromatic N) is 1. The van der Waals surface area contributed by atoms with Gasteiger partial charge in [-0.05, 0) is 65.0 Å². The van der Waals surface area contributed by atoms with Gasteiger partial charge in [-0.2, -0.15) is 13.2 Å². The summed E-state index contributed by atoms with van der Waals surface area (Å²) < 4.78 is 70.3. The third-order valence-corrected chi connectivity index (χ3v) is 9.52. The maximum atomic E-state index is 14.4. The first kappa shape index (κ1) is 28.4. The monoisotopic (exact) mass is 549 g/mol. The van der Waals surface area contributed by atoms with Crippen LogP contribution >= 0.6 is 0 Å². The van der Waals surface area contributed by atoms with E-state index in [9.17, 15) is 31.5 Å². The Balaban J connectivity index is 2.03. The molecule has 0 amide bonds. The number of aromatic nitrogens is 1. The van der Waals surface area contributed by atoms with E-state index in [0.717, 1.165) is 9.54 Å². The van der Waals surface area contributed by atoms with E-state index in [-0.39, 0.29) is 39.3 Å². The first-order valence-corrected chi connectivity index (χ1v) is 14.2. The van der Waals surface area contributed by atoms with E-state index < -0.39 is 39.9 Å². The number of halogens is 3. The molecule has 9 heteroatoms. The van der Waals surface area contributed by atoms with Crippen LogP contribution in [0.5, 0.6) is 0 Å². The lowest BCUT2D eigenvalue weighted by Crippen LogP contribution is -2.46. The van der Waals surface area contributed by atoms with E-state index in [4.69, 9.17) is 0 Å². The molecular weight excluding hydrogens is 515 g/mol. The van der Waals surface area contributed by atoms with Crippen molar-refractivity contribution in [1.29, 1.82) is 0 Å². The number of hydrogen-bond acceptors (Lipinski definition) is 4. The molecule has 206 valence electrons. The van der Waals surface area contributed by atoms with Crippen molar-refractivity contribution in [2.45, 2.75) is 89.3 Å². The Kier molecular flexibility index (Phi) is 6.89. The number of ketones is 1. The Morgan fingerprint density at radius 2 is 1.58 bits per heavy atom. The van der Waals surface area contributed by atoms with Gasteiger partial charge in [-0.15, -0.1) is 0 Å². The van der Waals surface area contributed by atoms with Crippen molar-refractivity contribution in [1.82, 2.24) is 3.97 Å². The molecule has 0 fully saturated rings. The van der Waals surface area contributed by atoms with Gasteiger partial charge >= 0.3 is 6.18 Å². The Hall–Kier alpha value is -2.65. The highest BCUT2D eigenvalue weighted by atomic mass is 32.2. The first-order valence-electron chi connectivity index (χ1n) is 12.8. The van der Waals surface area contributed by atoms with Gasteiger partial charge in [0.2, 0.25) is 5.78 Å². The fourth-order valence-electron chi connectivity index (χ4n) is 5.55. The fraction of sp³-hybridized carbons (Fsp3) is 0.483. The molecule has 4 rings (SSSR count). The number of carbonyl (C=O) groups excluding carboxylic acids is 1. The summed E-state index contributed by atoms with van der Waals surface area (Å²) in [5, 5.41) is 11.6. The zero-order chi connectivity index (χ0) is 28.5. The lowest BCUT2D eigenvalue weighted by molar-refractivity contribution is -0.184. The van der Waals surface area contributed by atoms with Crippen LogP contribution < -0.4 is 0 Å². The lowest BCUT2D eigenvalue weighted by atomic mass is 9.71. The van der Waals surface area contributed by atoms with Crippen LogP contribution in [-0.4, -0.2) is 29.5 Å². The highest BCUT2D eigenvalue weighted by molar-refractivity contribution is 7.90. The van der Waals surface area contributed by atoms with Gasteiger partial charge in [0.15, 0.2) is 0 Å². The van der Waals surface area contributed by atoms with Gasteiger partial charge in [0.25, 0.3) is 10.0 Å². The van der Waals surface area contributed by atoms with Crippen LogP contribution in [0.15, 0.2) is 41.4 Å². The normalized spacial score (nSPS) is 20.2. The van der Waals surface area contributed by atoms with E-state index in [0.29, 0.717) is 16.5 Å². The quantitative estimate of drug-likeness (QED) is 0.369. The second kappa shape index (κ2) is 9.23. The summed E-state index contributed by atoms with van der Waals surface area (Å²) in [5.74, 6) is -3.87. The molecule has 2 aromatic carbocycles. The minimum atomic E-state index is -5.13. The summed E-state index contributed by atoms with van der Waals surface area (Å²) >= 11 is 0. The van der Waals surface area contributed by atoms with Gasteiger partial charge in [-0.25, -0.2) is 12.4 Å². The molecule has 1 N–H and O–H groups in total. The highest BCUT2D eigenvalue weighted by Crippen LogP contribution is 2.47. The lowest BCUT2D eigenvalue weighted by Gasteiger charge is -2.36. The maximum absolute atomic E-state index is 14.4. The van der Waals surface area contributed by atoms with E-state index in [1.165, 1.54) is 25.3 Å². The Morgan fingerprint density at radius 1 is 1.03 bits per heavy atom. The number of carbonyl (C=O) groups is 1. The number of alkyl halides is 3. The van der Waals surface area contributed by atoms with Crippen LogP contribution in [0.3, 0.4) is 0 Å². The Bertz CT molecular complexity index is 1500. The van der Waals surface area contributed by atoms with Crippen LogP contribution in [0.25, 0.3) is 10.9 Å². The smallest absolute Gasteiger partial charge is 0.385 e. The standard InChI is InChI=1S/C29H34F3NO4S/c1-15(2)18-11-20(16(3)4)26(21(12-18)17(5)6)38(36,37)33-14-19-13-23(27(34)29(30,31)32)28(7,35)22-9-8-10-24(33)25(19)22/h8-12,14-17,23,35H,13H2,1-7H3. The number of aliphatic hydroxyl groups is 1. The molecule has 38 heavy (non-hydrogen) atoms. The zero-order valence-corrected chi connectivity index (χ0v) is 23.5. The molecule has 1 heterocycles. The van der Waals surface area contributed by atoms with Crippen molar-refractivity contribution >= 4 is 26.7 Å². The molecule has 0 radical (unpaired) electrons. The predicted octanol–water partition coefficient (Wildman–Crippen LogP) is 6.76. The summed E-state index contributed by atoms with van der Waals surface area (Å²) in [4.78, 5) is 12.5. The average molecular weight is 550 g/mol. The van der Waals surface area contributed by atoms with Crippen molar-refractivity contribution in [3.8, 4) is 0 Å². The van der Waals surface area contributed by atoms with E-state index in [1.807, 2.05) is 53.7 Å². The molecule has 1 aliphatic rings. The van der Waals surface area contributed by atoms with E-state index in [1.54, 1.807) is 6.07 Å². The van der Waals surface area contributed by atoms with Crippen molar-refractivity contribution in [2.24, 2.45) is 5.92 Å². The minimum Gasteiger partial charge on any atom is -0.385 e. The molecule has 0 saturated carbocycles. The van der Waals surface area contributed by atoms with Crippen LogP contribution in [-0.2, 0) is 26.8 Å². The van der Waals surface area contributed by atoms with Crippen LogP contribution in [0.1, 0.15) is 94.0 Å². The summed E-state index contributed by atoms with van der Waals surface area (Å²) in [6.07, 6.45) is -4.24. The van der Waals surface area contributed by atoms with Gasteiger partial charge in [-0.1, -0.05) is 65.8 Å². The summed E-state index contributed by atoms with van der Waals surface area (Å²) in [6, 6.07) is 8.38.